The summed E-state index contributed by atoms with van der Waals surface area (Å²) in [5.74, 6) is 1.34. The van der Waals surface area contributed by atoms with Crippen LogP contribution >= 0.6 is 0 Å². The van der Waals surface area contributed by atoms with E-state index in [0.29, 0.717) is 18.4 Å². The first-order chi connectivity index (χ1) is 20.5. The average Bonchev–Trinajstić information content (AvgIpc) is 3.78. The molecule has 0 amide bonds. The Hall–Kier alpha value is -4.17. The van der Waals surface area contributed by atoms with E-state index in [9.17, 15) is 4.79 Å². The molecule has 2 aromatic carbocycles. The van der Waals surface area contributed by atoms with Crippen molar-refractivity contribution in [2.24, 2.45) is 7.05 Å². The quantitative estimate of drug-likeness (QED) is 0.219. The number of methoxy groups -OCH3 is 1. The van der Waals surface area contributed by atoms with Crippen LogP contribution in [0, 0.1) is 0 Å². The fourth-order valence-corrected chi connectivity index (χ4v) is 6.53. The first kappa shape index (κ1) is 28.0. The highest BCUT2D eigenvalue weighted by Gasteiger charge is 2.31. The number of aromatic nitrogens is 3. The number of rotatable bonds is 11. The van der Waals surface area contributed by atoms with Gasteiger partial charge in [-0.1, -0.05) is 24.8 Å². The zero-order valence-electron chi connectivity index (χ0n) is 24.7. The Bertz CT molecular complexity index is 1590. The summed E-state index contributed by atoms with van der Waals surface area (Å²) in [4.78, 5) is 26.6. The van der Waals surface area contributed by atoms with Crippen LogP contribution in [0.5, 0.6) is 5.75 Å². The zero-order valence-corrected chi connectivity index (χ0v) is 24.7. The molecule has 0 aliphatic carbocycles. The summed E-state index contributed by atoms with van der Waals surface area (Å²) in [6.45, 7) is 8.09. The van der Waals surface area contributed by atoms with E-state index in [1.807, 2.05) is 6.07 Å². The number of anilines is 3. The molecular formula is C34H40N6O2. The Labute approximate surface area is 248 Å². The SMILES string of the molecule is C=CC(=O)CCCc1cc(Nc2nccc(-c3cn(C)c4ccccc34)n2)c(OC)cc1N1CCC(N2CCCC2)C1. The minimum atomic E-state index is 0.0809. The number of hydrogen-bond donors (Lipinski definition) is 1. The molecule has 8 heteroatoms. The number of para-hydroxylation sites is 1. The molecule has 4 heterocycles. The van der Waals surface area contributed by atoms with Gasteiger partial charge in [0.05, 0.1) is 18.5 Å². The molecule has 2 aromatic heterocycles. The molecule has 0 bridgehead atoms. The number of nitrogens with zero attached hydrogens (tertiary/aromatic N) is 5. The number of hydrogen-bond acceptors (Lipinski definition) is 7. The number of nitrogens with one attached hydrogen (secondary N) is 1. The van der Waals surface area contributed by atoms with Gasteiger partial charge in [-0.2, -0.15) is 0 Å². The zero-order chi connectivity index (χ0) is 29.1. The minimum absolute atomic E-state index is 0.0809. The molecule has 6 rings (SSSR count). The lowest BCUT2D eigenvalue weighted by Gasteiger charge is -2.27. The number of carbonyl (C=O) groups excluding carboxylic acids is 1. The molecule has 2 aliphatic heterocycles. The lowest BCUT2D eigenvalue weighted by molar-refractivity contribution is -0.114. The molecule has 0 radical (unpaired) electrons. The van der Waals surface area contributed by atoms with Crippen molar-refractivity contribution in [3.05, 3.63) is 73.1 Å². The summed E-state index contributed by atoms with van der Waals surface area (Å²) in [6, 6.07) is 15.2. The summed E-state index contributed by atoms with van der Waals surface area (Å²) in [5, 5.41) is 4.60. The Morgan fingerprint density at radius 1 is 1.17 bits per heavy atom. The largest absolute Gasteiger partial charge is 0.494 e. The lowest BCUT2D eigenvalue weighted by Crippen LogP contribution is -2.35. The van der Waals surface area contributed by atoms with Gasteiger partial charge in [0, 0.05) is 73.2 Å². The second-order valence-electron chi connectivity index (χ2n) is 11.4. The molecule has 1 unspecified atom stereocenters. The van der Waals surface area contributed by atoms with Crippen LogP contribution in [-0.4, -0.2) is 64.5 Å². The van der Waals surface area contributed by atoms with Crippen LogP contribution < -0.4 is 15.0 Å². The van der Waals surface area contributed by atoms with Gasteiger partial charge in [-0.15, -0.1) is 0 Å². The van der Waals surface area contributed by atoms with Gasteiger partial charge < -0.3 is 19.5 Å². The first-order valence-electron chi connectivity index (χ1n) is 15.0. The van der Waals surface area contributed by atoms with E-state index in [4.69, 9.17) is 9.72 Å². The highest BCUT2D eigenvalue weighted by atomic mass is 16.5. The molecule has 2 saturated heterocycles. The Morgan fingerprint density at radius 3 is 2.81 bits per heavy atom. The number of fused-ring (bicyclic) bond motifs is 1. The van der Waals surface area contributed by atoms with Crippen LogP contribution in [0.15, 0.2) is 67.5 Å². The minimum Gasteiger partial charge on any atom is -0.494 e. The van der Waals surface area contributed by atoms with E-state index in [0.717, 1.165) is 59.5 Å². The highest BCUT2D eigenvalue weighted by molar-refractivity contribution is 5.95. The molecule has 42 heavy (non-hydrogen) atoms. The van der Waals surface area contributed by atoms with Crippen molar-refractivity contribution in [2.45, 2.75) is 44.6 Å². The van der Waals surface area contributed by atoms with Crippen LogP contribution in [0.4, 0.5) is 17.3 Å². The predicted octanol–water partition coefficient (Wildman–Crippen LogP) is 6.14. The number of benzene rings is 2. The predicted molar refractivity (Wildman–Crippen MR) is 170 cm³/mol. The lowest BCUT2D eigenvalue weighted by atomic mass is 10.0. The van der Waals surface area contributed by atoms with Crippen LogP contribution in [0.3, 0.4) is 0 Å². The van der Waals surface area contributed by atoms with Crippen molar-refractivity contribution in [2.75, 3.05) is 43.5 Å². The molecule has 1 N–H and O–H groups in total. The van der Waals surface area contributed by atoms with Gasteiger partial charge in [0.15, 0.2) is 5.78 Å². The van der Waals surface area contributed by atoms with E-state index >= 15 is 0 Å². The molecule has 1 atom stereocenters. The topological polar surface area (TPSA) is 75.5 Å². The third-order valence-electron chi connectivity index (χ3n) is 8.73. The monoisotopic (exact) mass is 564 g/mol. The van der Waals surface area contributed by atoms with E-state index in [1.165, 1.54) is 49.7 Å². The summed E-state index contributed by atoms with van der Waals surface area (Å²) >= 11 is 0. The maximum absolute atomic E-state index is 12.0. The van der Waals surface area contributed by atoms with E-state index in [1.54, 1.807) is 13.3 Å². The fourth-order valence-electron chi connectivity index (χ4n) is 6.53. The fraction of sp³-hybridized carbons (Fsp3) is 0.382. The first-order valence-corrected chi connectivity index (χ1v) is 15.0. The number of likely N-dealkylation sites (tertiary alicyclic amines) is 1. The summed E-state index contributed by atoms with van der Waals surface area (Å²) in [6.07, 6.45) is 11.1. The standard InChI is InChI=1S/C34H40N6O2/c1-4-26(41)11-9-10-24-20-30(33(42-3)21-32(24)40-19-15-25(22-40)39-17-7-8-18-39)37-34-35-16-14-29(36-34)28-23-38(2)31-13-6-5-12-27(28)31/h4-6,12-14,16,20-21,23,25H,1,7-11,15,17-19,22H2,2-3H3,(H,35,36,37). The average molecular weight is 565 g/mol. The van der Waals surface area contributed by atoms with Gasteiger partial charge in [0.25, 0.3) is 0 Å². The number of ketones is 1. The van der Waals surface area contributed by atoms with Crippen molar-refractivity contribution in [3.8, 4) is 17.0 Å². The van der Waals surface area contributed by atoms with Gasteiger partial charge in [0.2, 0.25) is 5.95 Å². The van der Waals surface area contributed by atoms with Gasteiger partial charge >= 0.3 is 0 Å². The highest BCUT2D eigenvalue weighted by Crippen LogP contribution is 2.38. The van der Waals surface area contributed by atoms with Crippen molar-refractivity contribution < 1.29 is 9.53 Å². The third kappa shape index (κ3) is 5.77. The molecular weight excluding hydrogens is 524 g/mol. The van der Waals surface area contributed by atoms with Crippen LogP contribution in [0.1, 0.15) is 37.7 Å². The molecule has 8 nitrogen and oxygen atoms in total. The molecule has 2 aliphatic rings. The molecule has 0 saturated carbocycles. The maximum atomic E-state index is 12.0. The number of ether oxygens (including phenoxy) is 1. The smallest absolute Gasteiger partial charge is 0.227 e. The Kier molecular flexibility index (Phi) is 8.24. The normalized spacial score (nSPS) is 17.2. The molecule has 0 spiro atoms. The second-order valence-corrected chi connectivity index (χ2v) is 11.4. The van der Waals surface area contributed by atoms with E-state index in [2.05, 4.69) is 80.9 Å². The van der Waals surface area contributed by atoms with Crippen LogP contribution in [0.25, 0.3) is 22.2 Å². The maximum Gasteiger partial charge on any atom is 0.227 e. The Balaban J connectivity index is 1.30. The summed E-state index contributed by atoms with van der Waals surface area (Å²) < 4.78 is 8.03. The van der Waals surface area contributed by atoms with Gasteiger partial charge in [-0.25, -0.2) is 9.97 Å². The second kappa shape index (κ2) is 12.4. The summed E-state index contributed by atoms with van der Waals surface area (Å²) in [5.41, 5.74) is 6.28. The van der Waals surface area contributed by atoms with Crippen molar-refractivity contribution in [1.82, 2.24) is 19.4 Å². The third-order valence-corrected chi connectivity index (χ3v) is 8.73. The molecule has 218 valence electrons. The van der Waals surface area contributed by atoms with E-state index < -0.39 is 0 Å². The van der Waals surface area contributed by atoms with Crippen molar-refractivity contribution >= 4 is 34.0 Å². The molecule has 2 fully saturated rings. The molecule has 4 aromatic rings. The number of carbonyl (C=O) groups is 1. The van der Waals surface area contributed by atoms with Crippen LogP contribution in [-0.2, 0) is 18.3 Å². The van der Waals surface area contributed by atoms with Gasteiger partial charge in [-0.05, 0) is 75.0 Å². The van der Waals surface area contributed by atoms with E-state index in [-0.39, 0.29) is 5.78 Å². The van der Waals surface area contributed by atoms with Gasteiger partial charge in [0.1, 0.15) is 5.75 Å². The van der Waals surface area contributed by atoms with Gasteiger partial charge in [-0.3, -0.25) is 9.69 Å². The van der Waals surface area contributed by atoms with Crippen LogP contribution in [0.2, 0.25) is 0 Å². The number of allylic oxidation sites excluding steroid dienone is 1. The van der Waals surface area contributed by atoms with Crippen molar-refractivity contribution in [3.63, 3.8) is 0 Å². The number of aryl methyl sites for hydroxylation is 2. The van der Waals surface area contributed by atoms with Crippen molar-refractivity contribution in [1.29, 1.82) is 0 Å². The summed E-state index contributed by atoms with van der Waals surface area (Å²) in [7, 11) is 3.76. The Morgan fingerprint density at radius 2 is 2.00 bits per heavy atom.